The van der Waals surface area contributed by atoms with Gasteiger partial charge in [-0.1, -0.05) is 12.1 Å². The van der Waals surface area contributed by atoms with E-state index in [2.05, 4.69) is 31.4 Å². The van der Waals surface area contributed by atoms with Crippen LogP contribution in [0.25, 0.3) is 10.9 Å². The zero-order valence-corrected chi connectivity index (χ0v) is 14.8. The van der Waals surface area contributed by atoms with Crippen molar-refractivity contribution in [1.82, 2.24) is 10.2 Å². The maximum Gasteiger partial charge on any atom is 0.229 e. The summed E-state index contributed by atoms with van der Waals surface area (Å²) in [5.41, 5.74) is 2.41. The number of halogens is 1. The predicted molar refractivity (Wildman–Crippen MR) is 99.3 cm³/mol. The van der Waals surface area contributed by atoms with Crippen molar-refractivity contribution in [3.8, 4) is 0 Å². The van der Waals surface area contributed by atoms with Crippen LogP contribution in [-0.4, -0.2) is 28.6 Å². The van der Waals surface area contributed by atoms with E-state index in [-0.39, 0.29) is 24.2 Å². The normalized spacial score (nSPS) is 17.2. The van der Waals surface area contributed by atoms with Gasteiger partial charge in [0, 0.05) is 28.5 Å². The zero-order chi connectivity index (χ0) is 17.4. The summed E-state index contributed by atoms with van der Waals surface area (Å²) in [5.74, 6) is -0.567. The standard InChI is InChI=1S/C18H15BrN4O2/c19-14-3-1-2-4-16(14)23-10-12(8-17(23)24)18(25)21-13-5-6-15-11(7-13)9-20-22-15/h1-7,9,12H,8,10H2,(H,20,22)(H,21,25). The van der Waals surface area contributed by atoms with E-state index in [1.807, 2.05) is 42.5 Å². The van der Waals surface area contributed by atoms with Gasteiger partial charge in [0.2, 0.25) is 11.8 Å². The van der Waals surface area contributed by atoms with Gasteiger partial charge in [0.1, 0.15) is 0 Å². The average molecular weight is 399 g/mol. The largest absolute Gasteiger partial charge is 0.326 e. The first-order valence-electron chi connectivity index (χ1n) is 7.91. The van der Waals surface area contributed by atoms with Gasteiger partial charge >= 0.3 is 0 Å². The van der Waals surface area contributed by atoms with Gasteiger partial charge < -0.3 is 10.2 Å². The number of fused-ring (bicyclic) bond motifs is 1. The summed E-state index contributed by atoms with van der Waals surface area (Å²) >= 11 is 3.46. The number of aromatic nitrogens is 2. The van der Waals surface area contributed by atoms with Gasteiger partial charge in [0.15, 0.2) is 0 Å². The summed E-state index contributed by atoms with van der Waals surface area (Å²) in [4.78, 5) is 26.6. The van der Waals surface area contributed by atoms with Gasteiger partial charge in [-0.05, 0) is 46.3 Å². The van der Waals surface area contributed by atoms with Crippen molar-refractivity contribution in [3.05, 3.63) is 53.1 Å². The lowest BCUT2D eigenvalue weighted by Crippen LogP contribution is -2.28. The van der Waals surface area contributed by atoms with E-state index in [4.69, 9.17) is 0 Å². The highest BCUT2D eigenvalue weighted by Crippen LogP contribution is 2.31. The quantitative estimate of drug-likeness (QED) is 0.710. The lowest BCUT2D eigenvalue weighted by atomic mass is 10.1. The Hall–Kier alpha value is -2.67. The second-order valence-corrected chi connectivity index (χ2v) is 6.87. The fourth-order valence-electron chi connectivity index (χ4n) is 3.05. The third kappa shape index (κ3) is 3.02. The van der Waals surface area contributed by atoms with Crippen LogP contribution < -0.4 is 10.2 Å². The van der Waals surface area contributed by atoms with E-state index in [1.165, 1.54) is 0 Å². The highest BCUT2D eigenvalue weighted by molar-refractivity contribution is 9.10. The molecule has 1 fully saturated rings. The van der Waals surface area contributed by atoms with Gasteiger partial charge in [-0.3, -0.25) is 14.7 Å². The predicted octanol–water partition coefficient (Wildman–Crippen LogP) is 3.32. The Morgan fingerprint density at radius 2 is 2.12 bits per heavy atom. The van der Waals surface area contributed by atoms with Gasteiger partial charge in [0.25, 0.3) is 0 Å². The second kappa shape index (κ2) is 6.33. The molecule has 1 aliphatic rings. The van der Waals surface area contributed by atoms with E-state index >= 15 is 0 Å². The second-order valence-electron chi connectivity index (χ2n) is 6.02. The van der Waals surface area contributed by atoms with Gasteiger partial charge in [-0.2, -0.15) is 5.10 Å². The monoisotopic (exact) mass is 398 g/mol. The van der Waals surface area contributed by atoms with Crippen LogP contribution in [0.15, 0.2) is 53.1 Å². The Labute approximate surface area is 152 Å². The number of nitrogens with one attached hydrogen (secondary N) is 2. The summed E-state index contributed by atoms with van der Waals surface area (Å²) in [7, 11) is 0. The number of hydrogen-bond acceptors (Lipinski definition) is 3. The molecule has 2 amide bonds. The number of nitrogens with zero attached hydrogens (tertiary/aromatic N) is 2. The highest BCUT2D eigenvalue weighted by atomic mass is 79.9. The van der Waals surface area contributed by atoms with Crippen molar-refractivity contribution in [2.75, 3.05) is 16.8 Å². The number of anilines is 2. The average Bonchev–Trinajstić information content (AvgIpc) is 3.21. The van der Waals surface area contributed by atoms with Crippen LogP contribution in [0.2, 0.25) is 0 Å². The molecule has 25 heavy (non-hydrogen) atoms. The number of amides is 2. The first-order valence-corrected chi connectivity index (χ1v) is 8.70. The minimum atomic E-state index is -0.375. The molecule has 126 valence electrons. The van der Waals surface area contributed by atoms with Crippen molar-refractivity contribution in [2.45, 2.75) is 6.42 Å². The molecule has 6 nitrogen and oxygen atoms in total. The Morgan fingerprint density at radius 1 is 1.28 bits per heavy atom. The number of carbonyl (C=O) groups is 2. The van der Waals surface area contributed by atoms with Crippen LogP contribution in [0.4, 0.5) is 11.4 Å². The summed E-state index contributed by atoms with van der Waals surface area (Å²) in [5, 5.41) is 10.7. The molecule has 0 aliphatic carbocycles. The van der Waals surface area contributed by atoms with Crippen molar-refractivity contribution >= 4 is 50.0 Å². The van der Waals surface area contributed by atoms with Crippen molar-refractivity contribution < 1.29 is 9.59 Å². The molecular weight excluding hydrogens is 384 g/mol. The van der Waals surface area contributed by atoms with E-state index in [0.717, 1.165) is 21.1 Å². The van der Waals surface area contributed by atoms with E-state index in [9.17, 15) is 9.59 Å². The van der Waals surface area contributed by atoms with Gasteiger partial charge in [-0.25, -0.2) is 0 Å². The van der Waals surface area contributed by atoms with Gasteiger partial charge in [-0.15, -0.1) is 0 Å². The van der Waals surface area contributed by atoms with Crippen LogP contribution in [0, 0.1) is 5.92 Å². The summed E-state index contributed by atoms with van der Waals surface area (Å²) in [6.07, 6.45) is 1.92. The van der Waals surface area contributed by atoms with E-state index in [1.54, 1.807) is 11.1 Å². The Kier molecular flexibility index (Phi) is 4.01. The van der Waals surface area contributed by atoms with Crippen LogP contribution in [0.5, 0.6) is 0 Å². The maximum absolute atomic E-state index is 12.6. The summed E-state index contributed by atoms with van der Waals surface area (Å²) in [6, 6.07) is 13.1. The number of hydrogen-bond donors (Lipinski definition) is 2. The molecule has 7 heteroatoms. The molecule has 0 bridgehead atoms. The highest BCUT2D eigenvalue weighted by Gasteiger charge is 2.35. The third-order valence-electron chi connectivity index (χ3n) is 4.35. The molecule has 4 rings (SSSR count). The minimum Gasteiger partial charge on any atom is -0.326 e. The molecule has 2 heterocycles. The number of benzene rings is 2. The topological polar surface area (TPSA) is 78.1 Å². The van der Waals surface area contributed by atoms with Crippen molar-refractivity contribution in [2.24, 2.45) is 5.92 Å². The van der Waals surface area contributed by atoms with E-state index in [0.29, 0.717) is 12.2 Å². The molecule has 1 unspecified atom stereocenters. The zero-order valence-electron chi connectivity index (χ0n) is 13.2. The lowest BCUT2D eigenvalue weighted by Gasteiger charge is -2.18. The molecular formula is C18H15BrN4O2. The number of aromatic amines is 1. The fourth-order valence-corrected chi connectivity index (χ4v) is 3.55. The van der Waals surface area contributed by atoms with Crippen LogP contribution in [-0.2, 0) is 9.59 Å². The van der Waals surface area contributed by atoms with Crippen LogP contribution >= 0.6 is 15.9 Å². The molecule has 3 aromatic rings. The number of carbonyl (C=O) groups excluding carboxylic acids is 2. The van der Waals surface area contributed by atoms with E-state index < -0.39 is 0 Å². The molecule has 1 aromatic heterocycles. The molecule has 1 atom stereocenters. The fraction of sp³-hybridized carbons (Fsp3) is 0.167. The molecule has 1 saturated heterocycles. The summed E-state index contributed by atoms with van der Waals surface area (Å²) in [6.45, 7) is 0.376. The molecule has 0 saturated carbocycles. The van der Waals surface area contributed by atoms with Crippen LogP contribution in [0.1, 0.15) is 6.42 Å². The number of H-pyrrole nitrogens is 1. The molecule has 2 N–H and O–H groups in total. The van der Waals surface area contributed by atoms with Crippen molar-refractivity contribution in [3.63, 3.8) is 0 Å². The molecule has 0 spiro atoms. The molecule has 1 aliphatic heterocycles. The lowest BCUT2D eigenvalue weighted by molar-refractivity contribution is -0.122. The van der Waals surface area contributed by atoms with Crippen LogP contribution in [0.3, 0.4) is 0 Å². The number of para-hydroxylation sites is 1. The van der Waals surface area contributed by atoms with Gasteiger partial charge in [0.05, 0.1) is 23.3 Å². The number of rotatable bonds is 3. The smallest absolute Gasteiger partial charge is 0.229 e. The molecule has 0 radical (unpaired) electrons. The maximum atomic E-state index is 12.6. The SMILES string of the molecule is O=C(Nc1ccc2[nH]ncc2c1)C1CC(=O)N(c2ccccc2Br)C1. The summed E-state index contributed by atoms with van der Waals surface area (Å²) < 4.78 is 0.842. The first kappa shape index (κ1) is 15.8. The van der Waals surface area contributed by atoms with Crippen molar-refractivity contribution in [1.29, 1.82) is 0 Å². The Balaban J connectivity index is 1.49. The first-order chi connectivity index (χ1) is 12.1. The Morgan fingerprint density at radius 3 is 2.96 bits per heavy atom. The Bertz CT molecular complexity index is 968. The minimum absolute atomic E-state index is 0.0441. The third-order valence-corrected chi connectivity index (χ3v) is 5.02. The molecule has 2 aromatic carbocycles.